The molecule has 4 aromatic rings. The van der Waals surface area contributed by atoms with E-state index in [1.807, 2.05) is 36.4 Å². The number of hydrogen-bond donors (Lipinski definition) is 1. The lowest BCUT2D eigenvalue weighted by Gasteiger charge is -2.27. The molecule has 5 rings (SSSR count). The summed E-state index contributed by atoms with van der Waals surface area (Å²) in [6, 6.07) is 23.3. The number of fused-ring (bicyclic) bond motifs is 1. The van der Waals surface area contributed by atoms with Gasteiger partial charge in [0.1, 0.15) is 11.8 Å². The van der Waals surface area contributed by atoms with Gasteiger partial charge < -0.3 is 13.8 Å². The van der Waals surface area contributed by atoms with Crippen LogP contribution in [0.1, 0.15) is 20.3 Å². The molecule has 4 nitrogen and oxygen atoms in total. The van der Waals surface area contributed by atoms with Gasteiger partial charge in [-0.05, 0) is 77.8 Å². The van der Waals surface area contributed by atoms with Gasteiger partial charge in [0.25, 0.3) is 0 Å². The number of nitrogens with one attached hydrogen (secondary N) is 1. The third-order valence-electron chi connectivity index (χ3n) is 5.04. The van der Waals surface area contributed by atoms with Gasteiger partial charge in [-0.1, -0.05) is 44.5 Å². The third-order valence-corrected chi connectivity index (χ3v) is 6.86. The molecule has 0 radical (unpaired) electrons. The molecule has 1 fully saturated rings. The fourth-order valence-corrected chi connectivity index (χ4v) is 4.91. The van der Waals surface area contributed by atoms with Crippen LogP contribution < -0.4 is 9.03 Å². The van der Waals surface area contributed by atoms with Crippen LogP contribution in [0.15, 0.2) is 83.9 Å². The average molecular weight is 494 g/mol. The lowest BCUT2D eigenvalue weighted by molar-refractivity contribution is 0.184. The summed E-state index contributed by atoms with van der Waals surface area (Å²) in [6.07, 6.45) is 2.97. The van der Waals surface area contributed by atoms with Crippen molar-refractivity contribution in [3.8, 4) is 11.3 Å². The van der Waals surface area contributed by atoms with Crippen molar-refractivity contribution in [3.63, 3.8) is 0 Å². The van der Waals surface area contributed by atoms with Crippen LogP contribution in [0.5, 0.6) is 0 Å². The Bertz CT molecular complexity index is 1210. The van der Waals surface area contributed by atoms with Crippen LogP contribution in [-0.4, -0.2) is 24.1 Å². The molecule has 34 heavy (non-hydrogen) atoms. The average Bonchev–Trinajstić information content (AvgIpc) is 2.89. The molecule has 1 aliphatic heterocycles. The highest BCUT2D eigenvalue weighted by molar-refractivity contribution is 8.00. The predicted molar refractivity (Wildman–Crippen MR) is 145 cm³/mol. The molecule has 0 unspecified atom stereocenters. The Kier molecular flexibility index (Phi) is 8.68. The van der Waals surface area contributed by atoms with E-state index in [-0.39, 0.29) is 5.82 Å². The van der Waals surface area contributed by atoms with Gasteiger partial charge >= 0.3 is 0 Å². The Hall–Kier alpha value is -2.74. The van der Waals surface area contributed by atoms with Gasteiger partial charge in [-0.15, -0.1) is 0 Å². The number of pyridine rings is 1. The minimum absolute atomic E-state index is 0.285. The van der Waals surface area contributed by atoms with Crippen LogP contribution >= 0.6 is 23.9 Å². The normalized spacial score (nSPS) is 13.3. The largest absolute Gasteiger partial charge is 0.367 e. The van der Waals surface area contributed by atoms with Crippen LogP contribution in [0.2, 0.25) is 0 Å². The number of nitrogens with zero attached hydrogens (tertiary/aromatic N) is 2. The van der Waals surface area contributed by atoms with Crippen LogP contribution in [-0.2, 0) is 4.74 Å². The minimum atomic E-state index is -0.285. The molecular weight excluding hydrogens is 465 g/mol. The number of rotatable bonds is 5. The molecule has 0 amide bonds. The molecule has 1 aromatic heterocycles. The molecule has 3 aromatic carbocycles. The van der Waals surface area contributed by atoms with Gasteiger partial charge in [-0.25, -0.2) is 4.39 Å². The second-order valence-corrected chi connectivity index (χ2v) is 9.55. The zero-order chi connectivity index (χ0) is 23.8. The van der Waals surface area contributed by atoms with Crippen LogP contribution in [0.25, 0.3) is 22.0 Å². The molecule has 176 valence electrons. The van der Waals surface area contributed by atoms with Crippen molar-refractivity contribution in [1.82, 2.24) is 4.98 Å². The van der Waals surface area contributed by atoms with Crippen molar-refractivity contribution in [2.75, 3.05) is 28.1 Å². The maximum absolute atomic E-state index is 14.7. The molecule has 0 spiro atoms. The van der Waals surface area contributed by atoms with E-state index in [1.54, 1.807) is 24.2 Å². The van der Waals surface area contributed by atoms with E-state index < -0.39 is 0 Å². The van der Waals surface area contributed by atoms with Crippen molar-refractivity contribution in [3.05, 3.63) is 84.8 Å². The molecule has 7 heteroatoms. The Morgan fingerprint density at radius 2 is 1.85 bits per heavy atom. The summed E-state index contributed by atoms with van der Waals surface area (Å²) in [7, 11) is 0. The summed E-state index contributed by atoms with van der Waals surface area (Å²) in [6.45, 7) is 5.89. The van der Waals surface area contributed by atoms with Crippen molar-refractivity contribution < 1.29 is 9.13 Å². The first-order valence-electron chi connectivity index (χ1n) is 11.3. The molecule has 0 bridgehead atoms. The first-order chi connectivity index (χ1) is 16.7. The topological polar surface area (TPSA) is 37.4 Å². The van der Waals surface area contributed by atoms with Crippen LogP contribution in [0.4, 0.5) is 15.8 Å². The number of halogens is 1. The summed E-state index contributed by atoms with van der Waals surface area (Å²) >= 11 is 3.18. The maximum atomic E-state index is 14.7. The second-order valence-electron chi connectivity index (χ2n) is 7.74. The minimum Gasteiger partial charge on any atom is -0.367 e. The van der Waals surface area contributed by atoms with E-state index in [2.05, 4.69) is 52.1 Å². The molecule has 1 N–H and O–H groups in total. The monoisotopic (exact) mass is 493 g/mol. The maximum Gasteiger partial charge on any atom is 0.132 e. The Balaban J connectivity index is 0.000000868. The SMILES string of the molecule is CCC.Fc1ccc(NSc2ccc(N3CCOCS3)cc2)cc1-c1nccc2ccccc12. The lowest BCUT2D eigenvalue weighted by atomic mass is 10.0. The zero-order valence-corrected chi connectivity index (χ0v) is 21.0. The van der Waals surface area contributed by atoms with Gasteiger partial charge in [0.2, 0.25) is 0 Å². The summed E-state index contributed by atoms with van der Waals surface area (Å²) in [5.74, 6) is 0.406. The molecule has 1 aliphatic rings. The highest BCUT2D eigenvalue weighted by Crippen LogP contribution is 2.32. The van der Waals surface area contributed by atoms with Crippen LogP contribution in [0.3, 0.4) is 0 Å². The van der Waals surface area contributed by atoms with Gasteiger partial charge in [-0.3, -0.25) is 4.98 Å². The van der Waals surface area contributed by atoms with E-state index in [4.69, 9.17) is 4.74 Å². The number of ether oxygens (including phenoxy) is 1. The summed E-state index contributed by atoms with van der Waals surface area (Å²) in [4.78, 5) is 5.54. The van der Waals surface area contributed by atoms with Gasteiger partial charge in [0.05, 0.1) is 18.8 Å². The fourth-order valence-electron chi connectivity index (χ4n) is 3.48. The highest BCUT2D eigenvalue weighted by atomic mass is 32.2. The van der Waals surface area contributed by atoms with Crippen molar-refractivity contribution in [1.29, 1.82) is 0 Å². The quantitative estimate of drug-likeness (QED) is 0.284. The van der Waals surface area contributed by atoms with Crippen molar-refractivity contribution in [2.45, 2.75) is 25.2 Å². The lowest BCUT2D eigenvalue weighted by Crippen LogP contribution is -2.26. The predicted octanol–water partition coefficient (Wildman–Crippen LogP) is 8.02. The summed E-state index contributed by atoms with van der Waals surface area (Å²) in [5, 5.41) is 1.98. The third kappa shape index (κ3) is 6.03. The van der Waals surface area contributed by atoms with E-state index in [1.165, 1.54) is 30.1 Å². The zero-order valence-electron chi connectivity index (χ0n) is 19.3. The highest BCUT2D eigenvalue weighted by Gasteiger charge is 2.13. The van der Waals surface area contributed by atoms with Gasteiger partial charge in [0.15, 0.2) is 0 Å². The number of hydrogen-bond acceptors (Lipinski definition) is 6. The van der Waals surface area contributed by atoms with Crippen molar-refractivity contribution in [2.24, 2.45) is 0 Å². The summed E-state index contributed by atoms with van der Waals surface area (Å²) in [5.41, 5.74) is 3.13. The first-order valence-corrected chi connectivity index (χ1v) is 13.1. The molecule has 0 saturated carbocycles. The Morgan fingerprint density at radius 3 is 2.62 bits per heavy atom. The number of aromatic nitrogens is 1. The Labute approximate surface area is 209 Å². The van der Waals surface area contributed by atoms with E-state index >= 15 is 0 Å². The molecule has 0 aliphatic carbocycles. The molecular formula is C27H28FN3OS2. The van der Waals surface area contributed by atoms with Gasteiger partial charge in [-0.2, -0.15) is 0 Å². The first kappa shape index (κ1) is 24.4. The fraction of sp³-hybridized carbons (Fsp3) is 0.222. The molecule has 0 atom stereocenters. The molecule has 2 heterocycles. The van der Waals surface area contributed by atoms with Crippen LogP contribution in [0, 0.1) is 5.82 Å². The van der Waals surface area contributed by atoms with E-state index in [0.29, 0.717) is 17.2 Å². The van der Waals surface area contributed by atoms with Crippen molar-refractivity contribution >= 4 is 46.0 Å². The van der Waals surface area contributed by atoms with E-state index in [0.717, 1.165) is 34.5 Å². The number of anilines is 2. The smallest absolute Gasteiger partial charge is 0.132 e. The van der Waals surface area contributed by atoms with E-state index in [9.17, 15) is 4.39 Å². The van der Waals surface area contributed by atoms with Gasteiger partial charge in [0, 0.05) is 33.4 Å². The number of benzene rings is 3. The molecule has 1 saturated heterocycles. The standard InChI is InChI=1S/C24H20FN3OS2.C3H8/c25-23-10-5-18(15-22(23)24-21-4-2-1-3-17(21)11-12-26-24)27-31-20-8-6-19(7-9-20)28-13-14-29-16-30-28;1-3-2/h1-12,15,27H,13-14,16H2;3H2,1-2H3. The summed E-state index contributed by atoms with van der Waals surface area (Å²) < 4.78 is 25.6. The Morgan fingerprint density at radius 1 is 1.06 bits per heavy atom. The second kappa shape index (κ2) is 12.1.